The van der Waals surface area contributed by atoms with Crippen molar-refractivity contribution in [3.8, 4) is 5.75 Å². The molecule has 0 fully saturated rings. The molecule has 0 saturated heterocycles. The van der Waals surface area contributed by atoms with Gasteiger partial charge in [0.05, 0.1) is 7.11 Å². The summed E-state index contributed by atoms with van der Waals surface area (Å²) in [5, 5.41) is 4.45. The molecule has 0 spiro atoms. The fourth-order valence-corrected chi connectivity index (χ4v) is 2.81. The number of hydrogen-bond acceptors (Lipinski definition) is 2. The summed E-state index contributed by atoms with van der Waals surface area (Å²) in [6.07, 6.45) is 8.60. The van der Waals surface area contributed by atoms with E-state index in [1.807, 2.05) is 18.2 Å². The van der Waals surface area contributed by atoms with Crippen LogP contribution in [0.1, 0.15) is 57.9 Å². The number of unbranched alkanes of at least 4 members (excludes halogenated alkanes) is 3. The van der Waals surface area contributed by atoms with Crippen molar-refractivity contribution in [2.75, 3.05) is 13.7 Å². The smallest absolute Gasteiger partial charge is 0.122 e. The van der Waals surface area contributed by atoms with Gasteiger partial charge in [0, 0.05) is 11.1 Å². The molecule has 1 atom stereocenters. The summed E-state index contributed by atoms with van der Waals surface area (Å²) in [6.45, 7) is 5.53. The molecule has 1 rings (SSSR count). The highest BCUT2D eigenvalue weighted by Crippen LogP contribution is 2.25. The first-order valence-corrected chi connectivity index (χ1v) is 8.64. The molecule has 0 aliphatic carbocycles. The summed E-state index contributed by atoms with van der Waals surface area (Å²) in [5.74, 6) is 0.941. The van der Waals surface area contributed by atoms with Gasteiger partial charge < -0.3 is 10.1 Å². The van der Waals surface area contributed by atoms with Crippen LogP contribution in [0.3, 0.4) is 0 Å². The lowest BCUT2D eigenvalue weighted by molar-refractivity contribution is 0.399. The summed E-state index contributed by atoms with van der Waals surface area (Å²) in [6, 6.07) is 6.40. The molecule has 0 heterocycles. The van der Waals surface area contributed by atoms with Gasteiger partial charge in [-0.25, -0.2) is 0 Å². The Labute approximate surface area is 135 Å². The summed E-state index contributed by atoms with van der Waals surface area (Å²) in [7, 11) is 1.72. The largest absolute Gasteiger partial charge is 0.496 e. The number of halogens is 1. The first-order chi connectivity index (χ1) is 10.2. The normalized spacial score (nSPS) is 12.4. The predicted octanol–water partition coefficient (Wildman–Crippen LogP) is 5.23. The summed E-state index contributed by atoms with van der Waals surface area (Å²) >= 11 is 6.13. The van der Waals surface area contributed by atoms with Gasteiger partial charge in [-0.2, -0.15) is 0 Å². The van der Waals surface area contributed by atoms with Gasteiger partial charge in [0.15, 0.2) is 0 Å². The maximum Gasteiger partial charge on any atom is 0.122 e. The second-order valence-corrected chi connectivity index (χ2v) is 6.10. The molecule has 3 heteroatoms. The van der Waals surface area contributed by atoms with E-state index >= 15 is 0 Å². The molecule has 0 aromatic heterocycles. The lowest BCUT2D eigenvalue weighted by atomic mass is 9.99. The maximum absolute atomic E-state index is 6.13. The van der Waals surface area contributed by atoms with Gasteiger partial charge in [-0.15, -0.1) is 0 Å². The van der Waals surface area contributed by atoms with E-state index in [0.717, 1.165) is 30.2 Å². The molecule has 120 valence electrons. The van der Waals surface area contributed by atoms with Gasteiger partial charge in [-0.3, -0.25) is 0 Å². The number of ether oxygens (including phenoxy) is 1. The Morgan fingerprint density at radius 3 is 2.62 bits per heavy atom. The Morgan fingerprint density at radius 2 is 1.95 bits per heavy atom. The molecule has 0 radical (unpaired) electrons. The molecule has 1 aromatic rings. The predicted molar refractivity (Wildman–Crippen MR) is 92.5 cm³/mol. The number of benzene rings is 1. The molecular formula is C18H30ClNO. The van der Waals surface area contributed by atoms with Crippen LogP contribution in [0.15, 0.2) is 18.2 Å². The van der Waals surface area contributed by atoms with Gasteiger partial charge in [-0.05, 0) is 49.6 Å². The third kappa shape index (κ3) is 7.19. The Hall–Kier alpha value is -0.730. The third-order valence-corrected chi connectivity index (χ3v) is 4.03. The van der Waals surface area contributed by atoms with Crippen LogP contribution in [0.4, 0.5) is 0 Å². The molecule has 1 aromatic carbocycles. The minimum atomic E-state index is 0.508. The minimum Gasteiger partial charge on any atom is -0.496 e. The third-order valence-electron chi connectivity index (χ3n) is 3.80. The zero-order valence-electron chi connectivity index (χ0n) is 13.8. The van der Waals surface area contributed by atoms with Crippen molar-refractivity contribution in [2.24, 2.45) is 0 Å². The number of hydrogen-bond donors (Lipinski definition) is 1. The van der Waals surface area contributed by atoms with Crippen LogP contribution in [-0.4, -0.2) is 19.7 Å². The molecular weight excluding hydrogens is 282 g/mol. The van der Waals surface area contributed by atoms with Gasteiger partial charge in [0.25, 0.3) is 0 Å². The molecule has 0 bridgehead atoms. The zero-order valence-corrected chi connectivity index (χ0v) is 14.5. The topological polar surface area (TPSA) is 21.3 Å². The van der Waals surface area contributed by atoms with Crippen molar-refractivity contribution in [1.82, 2.24) is 5.32 Å². The Kier molecular flexibility index (Phi) is 9.53. The first kappa shape index (κ1) is 18.3. The fraction of sp³-hybridized carbons (Fsp3) is 0.667. The van der Waals surface area contributed by atoms with Crippen LogP contribution < -0.4 is 10.1 Å². The second kappa shape index (κ2) is 10.9. The summed E-state index contributed by atoms with van der Waals surface area (Å²) in [5.41, 5.74) is 1.20. The molecule has 2 nitrogen and oxygen atoms in total. The van der Waals surface area contributed by atoms with Crippen molar-refractivity contribution < 1.29 is 4.74 Å². The SMILES string of the molecule is CCCCCCC(Cc1cc(Cl)ccc1OC)NCCC. The van der Waals surface area contributed by atoms with Crippen LogP contribution in [0, 0.1) is 0 Å². The highest BCUT2D eigenvalue weighted by atomic mass is 35.5. The van der Waals surface area contributed by atoms with Crippen molar-refractivity contribution in [1.29, 1.82) is 0 Å². The highest BCUT2D eigenvalue weighted by Gasteiger charge is 2.12. The Balaban J connectivity index is 2.63. The van der Waals surface area contributed by atoms with E-state index in [1.165, 1.54) is 37.7 Å². The van der Waals surface area contributed by atoms with E-state index in [9.17, 15) is 0 Å². The average Bonchev–Trinajstić information content (AvgIpc) is 2.49. The van der Waals surface area contributed by atoms with Crippen molar-refractivity contribution in [3.05, 3.63) is 28.8 Å². The van der Waals surface area contributed by atoms with Crippen LogP contribution >= 0.6 is 11.6 Å². The second-order valence-electron chi connectivity index (χ2n) is 5.66. The maximum atomic E-state index is 6.13. The first-order valence-electron chi connectivity index (χ1n) is 8.27. The van der Waals surface area contributed by atoms with Crippen molar-refractivity contribution >= 4 is 11.6 Å². The Morgan fingerprint density at radius 1 is 1.14 bits per heavy atom. The standard InChI is InChI=1S/C18H30ClNO/c1-4-6-7-8-9-17(20-12-5-2)14-15-13-16(19)10-11-18(15)21-3/h10-11,13,17,20H,4-9,12,14H2,1-3H3. The monoisotopic (exact) mass is 311 g/mol. The van der Waals surface area contributed by atoms with Crippen LogP contribution in [0.25, 0.3) is 0 Å². The fourth-order valence-electron chi connectivity index (χ4n) is 2.61. The lowest BCUT2D eigenvalue weighted by Gasteiger charge is -2.20. The van der Waals surface area contributed by atoms with E-state index < -0.39 is 0 Å². The van der Waals surface area contributed by atoms with Gasteiger partial charge in [0.1, 0.15) is 5.75 Å². The molecule has 0 aliphatic heterocycles. The molecule has 0 aliphatic rings. The van der Waals surface area contributed by atoms with E-state index in [2.05, 4.69) is 19.2 Å². The molecule has 1 unspecified atom stereocenters. The quantitative estimate of drug-likeness (QED) is 0.565. The molecule has 1 N–H and O–H groups in total. The molecule has 21 heavy (non-hydrogen) atoms. The van der Waals surface area contributed by atoms with E-state index in [4.69, 9.17) is 16.3 Å². The van der Waals surface area contributed by atoms with Gasteiger partial charge >= 0.3 is 0 Å². The number of rotatable bonds is 11. The van der Waals surface area contributed by atoms with E-state index in [-0.39, 0.29) is 0 Å². The summed E-state index contributed by atoms with van der Waals surface area (Å²) in [4.78, 5) is 0. The van der Waals surface area contributed by atoms with Crippen LogP contribution in [0.2, 0.25) is 5.02 Å². The van der Waals surface area contributed by atoms with Gasteiger partial charge in [-0.1, -0.05) is 51.1 Å². The molecule has 0 saturated carbocycles. The number of nitrogens with one attached hydrogen (secondary N) is 1. The lowest BCUT2D eigenvalue weighted by Crippen LogP contribution is -2.32. The zero-order chi connectivity index (χ0) is 15.5. The number of methoxy groups -OCH3 is 1. The highest BCUT2D eigenvalue weighted by molar-refractivity contribution is 6.30. The average molecular weight is 312 g/mol. The van der Waals surface area contributed by atoms with Gasteiger partial charge in [0.2, 0.25) is 0 Å². The molecule has 0 amide bonds. The summed E-state index contributed by atoms with van der Waals surface area (Å²) < 4.78 is 5.46. The van der Waals surface area contributed by atoms with Crippen molar-refractivity contribution in [3.63, 3.8) is 0 Å². The Bertz CT molecular complexity index is 395. The van der Waals surface area contributed by atoms with Crippen molar-refractivity contribution in [2.45, 2.75) is 64.8 Å². The minimum absolute atomic E-state index is 0.508. The van der Waals surface area contributed by atoms with Crippen LogP contribution in [0.5, 0.6) is 5.75 Å². The van der Waals surface area contributed by atoms with E-state index in [0.29, 0.717) is 6.04 Å². The van der Waals surface area contributed by atoms with Crippen LogP contribution in [-0.2, 0) is 6.42 Å². The van der Waals surface area contributed by atoms with E-state index in [1.54, 1.807) is 7.11 Å².